The van der Waals surface area contributed by atoms with Crippen molar-refractivity contribution in [3.8, 4) is 5.75 Å². The van der Waals surface area contributed by atoms with Gasteiger partial charge in [-0.3, -0.25) is 0 Å². The summed E-state index contributed by atoms with van der Waals surface area (Å²) in [6.07, 6.45) is 0. The van der Waals surface area contributed by atoms with E-state index in [2.05, 4.69) is 76.0 Å². The molecule has 1 nitrogen and oxygen atoms in total. The highest BCUT2D eigenvalue weighted by Crippen LogP contribution is 2.27. The average molecular weight is 299 g/mol. The fourth-order valence-electron chi connectivity index (χ4n) is 2.49. The van der Waals surface area contributed by atoms with Crippen molar-refractivity contribution in [2.45, 2.75) is 46.0 Å². The summed E-state index contributed by atoms with van der Waals surface area (Å²) in [6, 6.07) is 17.0. The summed E-state index contributed by atoms with van der Waals surface area (Å²) in [7, 11) is -1.42. The second-order valence-corrected chi connectivity index (χ2v) is 11.9. The lowest BCUT2D eigenvalue weighted by Crippen LogP contribution is -2.39. The number of hydrogen-bond acceptors (Lipinski definition) is 1. The summed E-state index contributed by atoms with van der Waals surface area (Å²) in [6.45, 7) is 12.2. The van der Waals surface area contributed by atoms with Gasteiger partial charge < -0.3 is 4.74 Å². The van der Waals surface area contributed by atoms with E-state index in [0.717, 1.165) is 5.75 Å². The quantitative estimate of drug-likeness (QED) is 0.711. The molecule has 2 aromatic rings. The fourth-order valence-corrected chi connectivity index (χ4v) is 3.98. The van der Waals surface area contributed by atoms with E-state index in [0.29, 0.717) is 12.5 Å². The van der Waals surface area contributed by atoms with Crippen molar-refractivity contribution in [2.75, 3.05) is 0 Å². The van der Waals surface area contributed by atoms with Gasteiger partial charge in [-0.1, -0.05) is 82.0 Å². The zero-order chi connectivity index (χ0) is 15.5. The molecule has 2 heteroatoms. The van der Waals surface area contributed by atoms with Crippen molar-refractivity contribution < 1.29 is 4.74 Å². The van der Waals surface area contributed by atoms with E-state index in [1.54, 1.807) is 0 Å². The van der Waals surface area contributed by atoms with E-state index in [-0.39, 0.29) is 0 Å². The summed E-state index contributed by atoms with van der Waals surface area (Å²) in [4.78, 5) is 0. The minimum absolute atomic E-state index is 0.479. The molecule has 0 bridgehead atoms. The number of para-hydroxylation sites is 1. The Balaban J connectivity index is 2.35. The van der Waals surface area contributed by atoms with Crippen LogP contribution in [-0.2, 0) is 6.61 Å². The van der Waals surface area contributed by atoms with Gasteiger partial charge in [-0.2, -0.15) is 0 Å². The van der Waals surface area contributed by atoms with E-state index in [1.165, 1.54) is 16.3 Å². The standard InChI is InChI=1S/C19H26OSi/c1-15(2)17-12-9-13-18(21(3,4)5)19(17)20-14-16-10-7-6-8-11-16/h6-13,15H,14H2,1-5H3. The van der Waals surface area contributed by atoms with Crippen LogP contribution in [0.15, 0.2) is 48.5 Å². The highest BCUT2D eigenvalue weighted by Gasteiger charge is 2.24. The van der Waals surface area contributed by atoms with E-state index in [9.17, 15) is 0 Å². The second kappa shape index (κ2) is 6.48. The van der Waals surface area contributed by atoms with Crippen molar-refractivity contribution >= 4 is 13.3 Å². The molecule has 0 spiro atoms. The van der Waals surface area contributed by atoms with Crippen LogP contribution in [0.4, 0.5) is 0 Å². The molecule has 0 saturated carbocycles. The van der Waals surface area contributed by atoms with Crippen LogP contribution in [0.2, 0.25) is 19.6 Å². The van der Waals surface area contributed by atoms with Crippen LogP contribution in [0.5, 0.6) is 5.75 Å². The molecule has 0 fully saturated rings. The summed E-state index contributed by atoms with van der Waals surface area (Å²) in [5.41, 5.74) is 2.54. The number of rotatable bonds is 5. The van der Waals surface area contributed by atoms with Crippen LogP contribution >= 0.6 is 0 Å². The molecule has 112 valence electrons. The first-order valence-electron chi connectivity index (χ1n) is 7.69. The van der Waals surface area contributed by atoms with Crippen LogP contribution in [0.25, 0.3) is 0 Å². The van der Waals surface area contributed by atoms with Gasteiger partial charge in [-0.15, -0.1) is 0 Å². The number of benzene rings is 2. The van der Waals surface area contributed by atoms with Crippen molar-refractivity contribution in [3.05, 3.63) is 59.7 Å². The fraction of sp³-hybridized carbons (Fsp3) is 0.368. The molecule has 0 aliphatic heterocycles. The molecule has 2 aromatic carbocycles. The van der Waals surface area contributed by atoms with Crippen LogP contribution in [-0.4, -0.2) is 8.07 Å². The maximum Gasteiger partial charge on any atom is 0.122 e. The maximum absolute atomic E-state index is 6.28. The van der Waals surface area contributed by atoms with Crippen LogP contribution in [0.1, 0.15) is 30.9 Å². The van der Waals surface area contributed by atoms with Gasteiger partial charge in [-0.05, 0) is 22.2 Å². The molecular formula is C19H26OSi. The predicted octanol–water partition coefficient (Wildman–Crippen LogP) is 4.93. The summed E-state index contributed by atoms with van der Waals surface area (Å²) >= 11 is 0. The predicted molar refractivity (Wildman–Crippen MR) is 94.3 cm³/mol. The van der Waals surface area contributed by atoms with Crippen molar-refractivity contribution in [1.82, 2.24) is 0 Å². The molecule has 0 aliphatic rings. The first-order valence-corrected chi connectivity index (χ1v) is 11.2. The van der Waals surface area contributed by atoms with Crippen molar-refractivity contribution in [3.63, 3.8) is 0 Å². The Kier molecular flexibility index (Phi) is 4.89. The van der Waals surface area contributed by atoms with Crippen LogP contribution < -0.4 is 9.92 Å². The first-order chi connectivity index (χ1) is 9.89. The highest BCUT2D eigenvalue weighted by atomic mass is 28.3. The van der Waals surface area contributed by atoms with Crippen molar-refractivity contribution in [2.24, 2.45) is 0 Å². The van der Waals surface area contributed by atoms with E-state index in [4.69, 9.17) is 4.74 Å². The zero-order valence-corrected chi connectivity index (χ0v) is 14.8. The third-order valence-corrected chi connectivity index (χ3v) is 5.71. The lowest BCUT2D eigenvalue weighted by Gasteiger charge is -2.24. The minimum Gasteiger partial charge on any atom is -0.489 e. The summed E-state index contributed by atoms with van der Waals surface area (Å²) in [5, 5.41) is 1.42. The van der Waals surface area contributed by atoms with Crippen molar-refractivity contribution in [1.29, 1.82) is 0 Å². The van der Waals surface area contributed by atoms with Gasteiger partial charge in [0.2, 0.25) is 0 Å². The maximum atomic E-state index is 6.28. The highest BCUT2D eigenvalue weighted by molar-refractivity contribution is 6.89. The third-order valence-electron chi connectivity index (χ3n) is 3.70. The van der Waals surface area contributed by atoms with Gasteiger partial charge in [0.05, 0.1) is 8.07 Å². The van der Waals surface area contributed by atoms with Gasteiger partial charge in [0, 0.05) is 0 Å². The molecule has 0 aliphatic carbocycles. The Morgan fingerprint density at radius 3 is 2.14 bits per heavy atom. The molecule has 0 radical (unpaired) electrons. The zero-order valence-electron chi connectivity index (χ0n) is 13.8. The number of hydrogen-bond donors (Lipinski definition) is 0. The summed E-state index contributed by atoms with van der Waals surface area (Å²) < 4.78 is 6.28. The Bertz CT molecular complexity index is 582. The molecule has 0 atom stereocenters. The topological polar surface area (TPSA) is 9.23 Å². The molecule has 0 unspecified atom stereocenters. The summed E-state index contributed by atoms with van der Waals surface area (Å²) in [5.74, 6) is 1.60. The second-order valence-electron chi connectivity index (χ2n) is 6.90. The van der Waals surface area contributed by atoms with Gasteiger partial charge in [0.25, 0.3) is 0 Å². The Labute approximate surface area is 130 Å². The minimum atomic E-state index is -1.42. The molecule has 2 rings (SSSR count). The van der Waals surface area contributed by atoms with Gasteiger partial charge in [-0.25, -0.2) is 0 Å². The SMILES string of the molecule is CC(C)c1cccc([Si](C)(C)C)c1OCc1ccccc1. The molecule has 0 amide bonds. The monoisotopic (exact) mass is 298 g/mol. The first kappa shape index (κ1) is 15.8. The Morgan fingerprint density at radius 1 is 0.905 bits per heavy atom. The molecule has 0 aromatic heterocycles. The molecular weight excluding hydrogens is 272 g/mol. The molecule has 0 saturated heterocycles. The smallest absolute Gasteiger partial charge is 0.122 e. The van der Waals surface area contributed by atoms with E-state index in [1.807, 2.05) is 6.07 Å². The Morgan fingerprint density at radius 2 is 1.57 bits per heavy atom. The van der Waals surface area contributed by atoms with Gasteiger partial charge in [0.1, 0.15) is 12.4 Å². The lowest BCUT2D eigenvalue weighted by atomic mass is 10.0. The van der Waals surface area contributed by atoms with E-state index >= 15 is 0 Å². The van der Waals surface area contributed by atoms with Gasteiger partial charge >= 0.3 is 0 Å². The third kappa shape index (κ3) is 3.98. The average Bonchev–Trinajstić information content (AvgIpc) is 2.44. The van der Waals surface area contributed by atoms with E-state index < -0.39 is 8.07 Å². The molecule has 0 N–H and O–H groups in total. The normalized spacial score (nSPS) is 11.7. The van der Waals surface area contributed by atoms with Gasteiger partial charge in [0.15, 0.2) is 0 Å². The molecule has 21 heavy (non-hydrogen) atoms. The van der Waals surface area contributed by atoms with Crippen LogP contribution in [0, 0.1) is 0 Å². The van der Waals surface area contributed by atoms with Crippen LogP contribution in [0.3, 0.4) is 0 Å². The Hall–Kier alpha value is -1.54. The number of ether oxygens (including phenoxy) is 1. The largest absolute Gasteiger partial charge is 0.489 e. The lowest BCUT2D eigenvalue weighted by molar-refractivity contribution is 0.304. The molecule has 0 heterocycles.